The zero-order valence-electron chi connectivity index (χ0n) is 8.80. The van der Waals surface area contributed by atoms with E-state index in [0.29, 0.717) is 5.56 Å². The zero-order chi connectivity index (χ0) is 11.6. The summed E-state index contributed by atoms with van der Waals surface area (Å²) < 4.78 is 12.9. The van der Waals surface area contributed by atoms with E-state index >= 15 is 0 Å². The molecule has 0 saturated heterocycles. The summed E-state index contributed by atoms with van der Waals surface area (Å²) in [5.74, 6) is -0.576. The summed E-state index contributed by atoms with van der Waals surface area (Å²) in [4.78, 5) is 11.9. The van der Waals surface area contributed by atoms with Gasteiger partial charge in [0.1, 0.15) is 5.82 Å². The third-order valence-electron chi connectivity index (χ3n) is 3.03. The second-order valence-electron chi connectivity index (χ2n) is 4.23. The molecule has 1 saturated carbocycles. The van der Waals surface area contributed by atoms with Crippen molar-refractivity contribution < 1.29 is 9.18 Å². The van der Waals surface area contributed by atoms with Crippen LogP contribution in [0.1, 0.15) is 29.6 Å². The van der Waals surface area contributed by atoms with E-state index < -0.39 is 0 Å². The van der Waals surface area contributed by atoms with Crippen LogP contribution < -0.4 is 5.32 Å². The summed E-state index contributed by atoms with van der Waals surface area (Å²) in [7, 11) is 0. The molecule has 1 fully saturated rings. The third kappa shape index (κ3) is 2.26. The van der Waals surface area contributed by atoms with E-state index in [2.05, 4.69) is 21.2 Å². The van der Waals surface area contributed by atoms with Crippen LogP contribution in [-0.2, 0) is 0 Å². The Kier molecular flexibility index (Phi) is 3.28. The lowest BCUT2D eigenvalue weighted by Crippen LogP contribution is -2.54. The molecule has 1 aromatic rings. The molecular formula is C12H13BrFNO. The Labute approximate surface area is 102 Å². The second kappa shape index (κ2) is 4.53. The summed E-state index contributed by atoms with van der Waals surface area (Å²) in [6, 6.07) is 5.77. The van der Waals surface area contributed by atoms with Crippen molar-refractivity contribution in [2.45, 2.75) is 24.8 Å². The van der Waals surface area contributed by atoms with Crippen LogP contribution in [0.15, 0.2) is 24.3 Å². The lowest BCUT2D eigenvalue weighted by atomic mass is 9.78. The highest BCUT2D eigenvalue weighted by atomic mass is 79.9. The quantitative estimate of drug-likeness (QED) is 0.850. The number of carbonyl (C=O) groups excluding carboxylic acids is 1. The van der Waals surface area contributed by atoms with Gasteiger partial charge in [0.2, 0.25) is 0 Å². The first-order valence-electron chi connectivity index (χ1n) is 5.29. The number of hydrogen-bond acceptors (Lipinski definition) is 1. The number of hydrogen-bond donors (Lipinski definition) is 1. The van der Waals surface area contributed by atoms with E-state index in [1.54, 1.807) is 12.1 Å². The topological polar surface area (TPSA) is 29.1 Å². The highest BCUT2D eigenvalue weighted by molar-refractivity contribution is 9.09. The van der Waals surface area contributed by atoms with Crippen LogP contribution in [0.4, 0.5) is 4.39 Å². The monoisotopic (exact) mass is 285 g/mol. The largest absolute Gasteiger partial charge is 0.346 e. The summed E-state index contributed by atoms with van der Waals surface area (Å²) in [6.45, 7) is 0. The van der Waals surface area contributed by atoms with E-state index in [0.717, 1.165) is 24.6 Å². The van der Waals surface area contributed by atoms with Crippen LogP contribution in [0, 0.1) is 5.82 Å². The molecule has 2 nitrogen and oxygen atoms in total. The number of rotatable bonds is 3. The van der Waals surface area contributed by atoms with Gasteiger partial charge in [0.15, 0.2) is 0 Å². The normalized spacial score (nSPS) is 17.6. The number of amides is 1. The molecule has 0 heterocycles. The van der Waals surface area contributed by atoms with Crippen molar-refractivity contribution in [1.29, 1.82) is 0 Å². The Hall–Kier alpha value is -0.900. The van der Waals surface area contributed by atoms with Gasteiger partial charge in [-0.2, -0.15) is 0 Å². The number of alkyl halides is 1. The van der Waals surface area contributed by atoms with E-state index in [1.807, 2.05) is 0 Å². The number of nitrogens with one attached hydrogen (secondary N) is 1. The Morgan fingerprint density at radius 2 is 2.25 bits per heavy atom. The lowest BCUT2D eigenvalue weighted by molar-refractivity contribution is 0.0856. The Morgan fingerprint density at radius 3 is 2.75 bits per heavy atom. The van der Waals surface area contributed by atoms with Gasteiger partial charge >= 0.3 is 0 Å². The summed E-state index contributed by atoms with van der Waals surface area (Å²) >= 11 is 3.41. The second-order valence-corrected chi connectivity index (χ2v) is 4.79. The maximum absolute atomic E-state index is 12.9. The van der Waals surface area contributed by atoms with Crippen LogP contribution >= 0.6 is 15.9 Å². The van der Waals surface area contributed by atoms with Crippen LogP contribution in [-0.4, -0.2) is 16.8 Å². The van der Waals surface area contributed by atoms with Crippen molar-refractivity contribution in [2.24, 2.45) is 0 Å². The third-order valence-corrected chi connectivity index (χ3v) is 4.11. The molecule has 86 valence electrons. The van der Waals surface area contributed by atoms with Crippen molar-refractivity contribution in [3.8, 4) is 0 Å². The molecule has 1 aromatic carbocycles. The average molecular weight is 286 g/mol. The summed E-state index contributed by atoms with van der Waals surface area (Å²) in [6.07, 6.45) is 3.10. The molecule has 0 spiro atoms. The predicted molar refractivity (Wildman–Crippen MR) is 64.2 cm³/mol. The molecule has 0 radical (unpaired) electrons. The molecule has 0 atom stereocenters. The molecule has 1 aliphatic carbocycles. The first-order chi connectivity index (χ1) is 7.65. The van der Waals surface area contributed by atoms with Gasteiger partial charge < -0.3 is 5.32 Å². The van der Waals surface area contributed by atoms with Gasteiger partial charge in [-0.05, 0) is 37.5 Å². The zero-order valence-corrected chi connectivity index (χ0v) is 10.4. The van der Waals surface area contributed by atoms with E-state index in [4.69, 9.17) is 0 Å². The lowest BCUT2D eigenvalue weighted by Gasteiger charge is -2.41. The number of halogens is 2. The molecule has 16 heavy (non-hydrogen) atoms. The van der Waals surface area contributed by atoms with Crippen LogP contribution in [0.25, 0.3) is 0 Å². The number of benzene rings is 1. The first kappa shape index (κ1) is 11.6. The van der Waals surface area contributed by atoms with Crippen molar-refractivity contribution in [3.63, 3.8) is 0 Å². The minimum atomic E-state index is -0.380. The van der Waals surface area contributed by atoms with Gasteiger partial charge in [-0.3, -0.25) is 4.79 Å². The molecule has 1 aliphatic rings. The maximum Gasteiger partial charge on any atom is 0.251 e. The van der Waals surface area contributed by atoms with Crippen LogP contribution in [0.5, 0.6) is 0 Å². The molecule has 0 aliphatic heterocycles. The molecular weight excluding hydrogens is 273 g/mol. The van der Waals surface area contributed by atoms with Gasteiger partial charge in [-0.15, -0.1) is 0 Å². The van der Waals surface area contributed by atoms with E-state index in [9.17, 15) is 9.18 Å². The highest BCUT2D eigenvalue weighted by Crippen LogP contribution is 2.33. The average Bonchev–Trinajstić information content (AvgIpc) is 2.23. The van der Waals surface area contributed by atoms with Crippen molar-refractivity contribution in [2.75, 3.05) is 5.33 Å². The number of carbonyl (C=O) groups is 1. The summed E-state index contributed by atoms with van der Waals surface area (Å²) in [5.41, 5.74) is 0.260. The smallest absolute Gasteiger partial charge is 0.251 e. The highest BCUT2D eigenvalue weighted by Gasteiger charge is 2.37. The molecule has 1 amide bonds. The maximum atomic E-state index is 12.9. The van der Waals surface area contributed by atoms with Gasteiger partial charge in [-0.1, -0.05) is 22.0 Å². The van der Waals surface area contributed by atoms with Crippen molar-refractivity contribution >= 4 is 21.8 Å². The molecule has 4 heteroatoms. The molecule has 0 unspecified atom stereocenters. The first-order valence-corrected chi connectivity index (χ1v) is 6.41. The molecule has 2 rings (SSSR count). The Morgan fingerprint density at radius 1 is 1.50 bits per heavy atom. The molecule has 1 N–H and O–H groups in total. The van der Waals surface area contributed by atoms with Gasteiger partial charge in [0, 0.05) is 10.9 Å². The molecule has 0 bridgehead atoms. The SMILES string of the molecule is O=C(NC1(CBr)CCC1)c1cccc(F)c1. The Bertz CT molecular complexity index is 398. The minimum Gasteiger partial charge on any atom is -0.346 e. The standard InChI is InChI=1S/C12H13BrFNO/c13-8-12(5-2-6-12)15-11(16)9-3-1-4-10(14)7-9/h1,3-4,7H,2,5-6,8H2,(H,15,16). The predicted octanol–water partition coefficient (Wildman–Crippen LogP) is 2.87. The van der Waals surface area contributed by atoms with Gasteiger partial charge in [0.25, 0.3) is 5.91 Å². The van der Waals surface area contributed by atoms with E-state index in [1.165, 1.54) is 12.1 Å². The molecule has 0 aromatic heterocycles. The minimum absolute atomic E-state index is 0.122. The fraction of sp³-hybridized carbons (Fsp3) is 0.417. The van der Waals surface area contributed by atoms with Crippen LogP contribution in [0.3, 0.4) is 0 Å². The fourth-order valence-corrected chi connectivity index (χ4v) is 2.54. The fourth-order valence-electron chi connectivity index (χ4n) is 1.84. The van der Waals surface area contributed by atoms with Gasteiger partial charge in [0.05, 0.1) is 5.54 Å². The van der Waals surface area contributed by atoms with E-state index in [-0.39, 0.29) is 17.3 Å². The van der Waals surface area contributed by atoms with Crippen molar-refractivity contribution in [1.82, 2.24) is 5.32 Å². The van der Waals surface area contributed by atoms with Crippen molar-refractivity contribution in [3.05, 3.63) is 35.6 Å². The Balaban J connectivity index is 2.08. The van der Waals surface area contributed by atoms with Crippen LogP contribution in [0.2, 0.25) is 0 Å². The van der Waals surface area contributed by atoms with Gasteiger partial charge in [-0.25, -0.2) is 4.39 Å². The summed E-state index contributed by atoms with van der Waals surface area (Å²) in [5, 5.41) is 3.72.